The topological polar surface area (TPSA) is 50.5 Å². The monoisotopic (exact) mass is 269 g/mol. The van der Waals surface area contributed by atoms with Crippen molar-refractivity contribution in [1.29, 1.82) is 0 Å². The molecule has 0 bridgehead atoms. The van der Waals surface area contributed by atoms with Gasteiger partial charge < -0.3 is 15.8 Å². The van der Waals surface area contributed by atoms with E-state index >= 15 is 0 Å². The number of benzene rings is 1. The predicted molar refractivity (Wildman–Crippen MR) is 76.2 cm³/mol. The molecule has 2 rings (SSSR count). The SMILES string of the molecule is Nc1ccc(Cl)cc1NCCCN1CCOCC1. The van der Waals surface area contributed by atoms with Gasteiger partial charge in [-0.1, -0.05) is 11.6 Å². The first-order chi connectivity index (χ1) is 8.75. The fourth-order valence-electron chi connectivity index (χ4n) is 2.03. The Kier molecular flexibility index (Phi) is 5.11. The average Bonchev–Trinajstić information content (AvgIpc) is 2.40. The van der Waals surface area contributed by atoms with Gasteiger partial charge in [-0.3, -0.25) is 4.90 Å². The van der Waals surface area contributed by atoms with E-state index in [1.165, 1.54) is 0 Å². The number of nitrogens with zero attached hydrogens (tertiary/aromatic N) is 1. The Morgan fingerprint density at radius 3 is 2.89 bits per heavy atom. The minimum Gasteiger partial charge on any atom is -0.397 e. The Bertz CT molecular complexity index is 380. The highest BCUT2D eigenvalue weighted by Crippen LogP contribution is 2.22. The molecular formula is C13H20ClN3O. The first kappa shape index (κ1) is 13.5. The van der Waals surface area contributed by atoms with Crippen molar-refractivity contribution >= 4 is 23.0 Å². The van der Waals surface area contributed by atoms with Crippen molar-refractivity contribution in [3.63, 3.8) is 0 Å². The third-order valence-electron chi connectivity index (χ3n) is 3.09. The molecule has 1 saturated heterocycles. The van der Waals surface area contributed by atoms with Gasteiger partial charge in [0.1, 0.15) is 0 Å². The molecule has 1 aromatic carbocycles. The van der Waals surface area contributed by atoms with E-state index in [0.717, 1.165) is 57.2 Å². The summed E-state index contributed by atoms with van der Waals surface area (Å²) >= 11 is 5.93. The van der Waals surface area contributed by atoms with E-state index in [1.807, 2.05) is 12.1 Å². The highest BCUT2D eigenvalue weighted by molar-refractivity contribution is 6.31. The molecule has 0 radical (unpaired) electrons. The van der Waals surface area contributed by atoms with Crippen LogP contribution in [0.15, 0.2) is 18.2 Å². The lowest BCUT2D eigenvalue weighted by Crippen LogP contribution is -2.37. The van der Waals surface area contributed by atoms with Gasteiger partial charge in [0.15, 0.2) is 0 Å². The van der Waals surface area contributed by atoms with E-state index in [0.29, 0.717) is 5.02 Å². The maximum atomic E-state index is 5.93. The number of nitrogens with two attached hydrogens (primary N) is 1. The Morgan fingerprint density at radius 2 is 2.11 bits per heavy atom. The van der Waals surface area contributed by atoms with E-state index in [2.05, 4.69) is 10.2 Å². The Labute approximate surface area is 113 Å². The van der Waals surface area contributed by atoms with Gasteiger partial charge in [-0.15, -0.1) is 0 Å². The number of morpholine rings is 1. The summed E-state index contributed by atoms with van der Waals surface area (Å²) in [6, 6.07) is 5.49. The van der Waals surface area contributed by atoms with Crippen molar-refractivity contribution in [2.75, 3.05) is 50.4 Å². The van der Waals surface area contributed by atoms with Crippen LogP contribution in [0.5, 0.6) is 0 Å². The maximum absolute atomic E-state index is 5.93. The second-order valence-electron chi connectivity index (χ2n) is 4.47. The fraction of sp³-hybridized carbons (Fsp3) is 0.538. The molecule has 100 valence electrons. The molecule has 5 heteroatoms. The lowest BCUT2D eigenvalue weighted by molar-refractivity contribution is 0.0378. The Hall–Kier alpha value is -0.970. The molecular weight excluding hydrogens is 250 g/mol. The highest BCUT2D eigenvalue weighted by Gasteiger charge is 2.09. The van der Waals surface area contributed by atoms with Crippen LogP contribution in [-0.2, 0) is 4.74 Å². The molecule has 0 aliphatic carbocycles. The molecule has 1 heterocycles. The minimum atomic E-state index is 0.708. The van der Waals surface area contributed by atoms with Gasteiger partial charge in [0.2, 0.25) is 0 Å². The second-order valence-corrected chi connectivity index (χ2v) is 4.90. The van der Waals surface area contributed by atoms with Crippen LogP contribution < -0.4 is 11.1 Å². The van der Waals surface area contributed by atoms with E-state index in [4.69, 9.17) is 22.1 Å². The van der Waals surface area contributed by atoms with Crippen LogP contribution in [-0.4, -0.2) is 44.3 Å². The van der Waals surface area contributed by atoms with Gasteiger partial charge >= 0.3 is 0 Å². The van der Waals surface area contributed by atoms with Gasteiger partial charge in [0, 0.05) is 24.7 Å². The minimum absolute atomic E-state index is 0.708. The summed E-state index contributed by atoms with van der Waals surface area (Å²) < 4.78 is 5.32. The number of hydrogen-bond acceptors (Lipinski definition) is 4. The first-order valence-corrected chi connectivity index (χ1v) is 6.72. The number of halogens is 1. The number of nitrogen functional groups attached to an aromatic ring is 1. The zero-order valence-electron chi connectivity index (χ0n) is 10.5. The van der Waals surface area contributed by atoms with Crippen LogP contribution in [0, 0.1) is 0 Å². The van der Waals surface area contributed by atoms with Gasteiger partial charge in [0.25, 0.3) is 0 Å². The largest absolute Gasteiger partial charge is 0.397 e. The van der Waals surface area contributed by atoms with Crippen molar-refractivity contribution in [2.45, 2.75) is 6.42 Å². The first-order valence-electron chi connectivity index (χ1n) is 6.35. The number of hydrogen-bond donors (Lipinski definition) is 2. The molecule has 0 amide bonds. The second kappa shape index (κ2) is 6.83. The Balaban J connectivity index is 1.69. The lowest BCUT2D eigenvalue weighted by Gasteiger charge is -2.26. The Morgan fingerprint density at radius 1 is 1.33 bits per heavy atom. The van der Waals surface area contributed by atoms with Crippen molar-refractivity contribution in [2.24, 2.45) is 0 Å². The maximum Gasteiger partial charge on any atom is 0.0594 e. The quantitative estimate of drug-likeness (QED) is 0.635. The van der Waals surface area contributed by atoms with Gasteiger partial charge in [-0.05, 0) is 31.2 Å². The van der Waals surface area contributed by atoms with E-state index in [1.54, 1.807) is 6.07 Å². The van der Waals surface area contributed by atoms with Crippen LogP contribution in [0.25, 0.3) is 0 Å². The number of ether oxygens (including phenoxy) is 1. The number of rotatable bonds is 5. The molecule has 1 fully saturated rings. The third-order valence-corrected chi connectivity index (χ3v) is 3.32. The van der Waals surface area contributed by atoms with E-state index in [9.17, 15) is 0 Å². The molecule has 1 aliphatic heterocycles. The zero-order valence-corrected chi connectivity index (χ0v) is 11.2. The van der Waals surface area contributed by atoms with Crippen molar-refractivity contribution in [3.05, 3.63) is 23.2 Å². The molecule has 0 atom stereocenters. The predicted octanol–water partition coefficient (Wildman–Crippen LogP) is 2.06. The standard InChI is InChI=1S/C13H20ClN3O/c14-11-2-3-12(15)13(10-11)16-4-1-5-17-6-8-18-9-7-17/h2-3,10,16H,1,4-9,15H2. The van der Waals surface area contributed by atoms with Crippen LogP contribution in [0.1, 0.15) is 6.42 Å². The number of anilines is 2. The van der Waals surface area contributed by atoms with Crippen molar-refractivity contribution < 1.29 is 4.74 Å². The smallest absolute Gasteiger partial charge is 0.0594 e. The summed E-state index contributed by atoms with van der Waals surface area (Å²) in [5.41, 5.74) is 7.53. The third kappa shape index (κ3) is 4.05. The molecule has 0 aromatic heterocycles. The van der Waals surface area contributed by atoms with Crippen LogP contribution in [0.4, 0.5) is 11.4 Å². The summed E-state index contributed by atoms with van der Waals surface area (Å²) in [5.74, 6) is 0. The molecule has 0 spiro atoms. The molecule has 18 heavy (non-hydrogen) atoms. The summed E-state index contributed by atoms with van der Waals surface area (Å²) in [7, 11) is 0. The highest BCUT2D eigenvalue weighted by atomic mass is 35.5. The van der Waals surface area contributed by atoms with E-state index < -0.39 is 0 Å². The van der Waals surface area contributed by atoms with Crippen molar-refractivity contribution in [3.8, 4) is 0 Å². The molecule has 3 N–H and O–H groups in total. The van der Waals surface area contributed by atoms with Gasteiger partial charge in [-0.2, -0.15) is 0 Å². The van der Waals surface area contributed by atoms with Crippen LogP contribution in [0.2, 0.25) is 5.02 Å². The van der Waals surface area contributed by atoms with Crippen molar-refractivity contribution in [1.82, 2.24) is 4.90 Å². The van der Waals surface area contributed by atoms with E-state index in [-0.39, 0.29) is 0 Å². The summed E-state index contributed by atoms with van der Waals surface area (Å²) in [4.78, 5) is 2.42. The number of nitrogens with one attached hydrogen (secondary N) is 1. The molecule has 1 aliphatic rings. The molecule has 4 nitrogen and oxygen atoms in total. The zero-order chi connectivity index (χ0) is 12.8. The van der Waals surface area contributed by atoms with Crippen LogP contribution >= 0.6 is 11.6 Å². The molecule has 1 aromatic rings. The summed E-state index contributed by atoms with van der Waals surface area (Å²) in [6.45, 7) is 5.79. The summed E-state index contributed by atoms with van der Waals surface area (Å²) in [6.07, 6.45) is 1.09. The lowest BCUT2D eigenvalue weighted by atomic mass is 10.2. The average molecular weight is 270 g/mol. The van der Waals surface area contributed by atoms with Gasteiger partial charge in [0.05, 0.1) is 24.6 Å². The fourth-order valence-corrected chi connectivity index (χ4v) is 2.20. The molecule has 0 unspecified atom stereocenters. The van der Waals surface area contributed by atoms with Crippen LogP contribution in [0.3, 0.4) is 0 Å². The molecule has 0 saturated carbocycles. The summed E-state index contributed by atoms with van der Waals surface area (Å²) in [5, 5.41) is 4.03. The van der Waals surface area contributed by atoms with Gasteiger partial charge in [-0.25, -0.2) is 0 Å². The normalized spacial score (nSPS) is 16.7.